The minimum Gasteiger partial charge on any atom is -0.373 e. The van der Waals surface area contributed by atoms with E-state index >= 15 is 0 Å². The van der Waals surface area contributed by atoms with Gasteiger partial charge >= 0.3 is 0 Å². The fourth-order valence-corrected chi connectivity index (χ4v) is 1.45. The van der Waals surface area contributed by atoms with Gasteiger partial charge in [0.05, 0.1) is 18.4 Å². The Hall–Kier alpha value is -2.01. The lowest BCUT2D eigenvalue weighted by molar-refractivity contribution is 0.585. The van der Waals surface area contributed by atoms with Gasteiger partial charge in [-0.1, -0.05) is 12.0 Å². The zero-order valence-corrected chi connectivity index (χ0v) is 10.1. The van der Waals surface area contributed by atoms with Gasteiger partial charge in [-0.15, -0.1) is 0 Å². The van der Waals surface area contributed by atoms with Gasteiger partial charge in [-0.3, -0.25) is 4.79 Å². The Kier molecular flexibility index (Phi) is 5.03. The second-order valence-corrected chi connectivity index (χ2v) is 3.65. The van der Waals surface area contributed by atoms with E-state index in [2.05, 4.69) is 22.0 Å². The molecule has 1 aromatic heterocycles. The molecule has 92 valence electrons. The highest BCUT2D eigenvalue weighted by Crippen LogP contribution is 2.06. The summed E-state index contributed by atoms with van der Waals surface area (Å²) in [6.45, 7) is 3.49. The van der Waals surface area contributed by atoms with Crippen LogP contribution in [0, 0.1) is 0 Å². The number of azide groups is 1. The normalized spacial score (nSPS) is 9.76. The molecule has 0 aromatic carbocycles. The summed E-state index contributed by atoms with van der Waals surface area (Å²) in [6.07, 6.45) is 2.66. The van der Waals surface area contributed by atoms with Crippen molar-refractivity contribution in [3.05, 3.63) is 33.1 Å². The molecule has 1 aromatic rings. The van der Waals surface area contributed by atoms with E-state index in [0.29, 0.717) is 6.54 Å². The van der Waals surface area contributed by atoms with Crippen LogP contribution in [0.4, 0.5) is 5.69 Å². The van der Waals surface area contributed by atoms with E-state index in [1.165, 1.54) is 4.68 Å². The summed E-state index contributed by atoms with van der Waals surface area (Å²) in [7, 11) is 1.92. The third-order valence-corrected chi connectivity index (χ3v) is 2.33. The average molecular weight is 236 g/mol. The molecule has 0 atom stereocenters. The molecular weight excluding hydrogens is 220 g/mol. The first-order valence-electron chi connectivity index (χ1n) is 5.48. The third-order valence-electron chi connectivity index (χ3n) is 2.33. The van der Waals surface area contributed by atoms with Crippen LogP contribution in [0.2, 0.25) is 0 Å². The van der Waals surface area contributed by atoms with Crippen molar-refractivity contribution in [1.82, 2.24) is 9.78 Å². The molecule has 0 saturated heterocycles. The van der Waals surface area contributed by atoms with Crippen LogP contribution in [-0.4, -0.2) is 29.9 Å². The Balaban J connectivity index is 2.78. The minimum atomic E-state index is -0.182. The van der Waals surface area contributed by atoms with Gasteiger partial charge in [0.15, 0.2) is 0 Å². The van der Waals surface area contributed by atoms with Gasteiger partial charge < -0.3 is 4.90 Å². The highest BCUT2D eigenvalue weighted by Gasteiger charge is 2.03. The van der Waals surface area contributed by atoms with E-state index in [9.17, 15) is 4.79 Å². The third kappa shape index (κ3) is 3.81. The van der Waals surface area contributed by atoms with E-state index in [1.807, 2.05) is 11.9 Å². The lowest BCUT2D eigenvalue weighted by Gasteiger charge is -2.17. The fourth-order valence-electron chi connectivity index (χ4n) is 1.45. The number of rotatable bonds is 6. The summed E-state index contributed by atoms with van der Waals surface area (Å²) in [5.74, 6) is 0. The van der Waals surface area contributed by atoms with Crippen LogP contribution in [-0.2, 0) is 6.54 Å². The Morgan fingerprint density at radius 1 is 1.65 bits per heavy atom. The topological polar surface area (TPSA) is 86.9 Å². The average Bonchev–Trinajstić information content (AvgIpc) is 2.31. The predicted octanol–water partition coefficient (Wildman–Crippen LogP) is 1.40. The lowest BCUT2D eigenvalue weighted by atomic mass is 10.3. The van der Waals surface area contributed by atoms with Crippen LogP contribution in [0.5, 0.6) is 0 Å². The molecule has 17 heavy (non-hydrogen) atoms. The van der Waals surface area contributed by atoms with Gasteiger partial charge in [0, 0.05) is 31.1 Å². The van der Waals surface area contributed by atoms with Crippen LogP contribution in [0.1, 0.15) is 13.3 Å². The molecule has 0 radical (unpaired) electrons. The molecule has 0 unspecified atom stereocenters. The Labute approximate surface area is 99.3 Å². The molecule has 0 amide bonds. The zero-order valence-electron chi connectivity index (χ0n) is 10.1. The molecule has 0 spiro atoms. The SMILES string of the molecule is CCCN(C)c1cnn(CCN=[N+]=[N-])c(=O)c1. The number of nitrogens with zero attached hydrogens (tertiary/aromatic N) is 6. The van der Waals surface area contributed by atoms with Crippen LogP contribution < -0.4 is 10.5 Å². The van der Waals surface area contributed by atoms with Crippen molar-refractivity contribution >= 4 is 5.69 Å². The summed E-state index contributed by atoms with van der Waals surface area (Å²) >= 11 is 0. The first-order chi connectivity index (χ1) is 8.19. The van der Waals surface area contributed by atoms with E-state index in [1.54, 1.807) is 12.3 Å². The molecule has 1 heterocycles. The van der Waals surface area contributed by atoms with Crippen molar-refractivity contribution in [2.75, 3.05) is 25.0 Å². The molecule has 0 aliphatic carbocycles. The van der Waals surface area contributed by atoms with Gasteiger partial charge in [-0.2, -0.15) is 5.10 Å². The highest BCUT2D eigenvalue weighted by atomic mass is 16.1. The van der Waals surface area contributed by atoms with E-state index in [0.717, 1.165) is 18.7 Å². The minimum absolute atomic E-state index is 0.182. The second-order valence-electron chi connectivity index (χ2n) is 3.65. The molecule has 7 heteroatoms. The van der Waals surface area contributed by atoms with Gasteiger partial charge in [0.2, 0.25) is 0 Å². The van der Waals surface area contributed by atoms with Crippen molar-refractivity contribution in [3.63, 3.8) is 0 Å². The van der Waals surface area contributed by atoms with E-state index in [4.69, 9.17) is 5.53 Å². The molecule has 0 aliphatic rings. The van der Waals surface area contributed by atoms with Gasteiger partial charge in [0.1, 0.15) is 0 Å². The summed E-state index contributed by atoms with van der Waals surface area (Å²) < 4.78 is 1.29. The Morgan fingerprint density at radius 3 is 3.00 bits per heavy atom. The lowest BCUT2D eigenvalue weighted by Crippen LogP contribution is -2.26. The zero-order chi connectivity index (χ0) is 12.7. The molecule has 0 N–H and O–H groups in total. The van der Waals surface area contributed by atoms with Gasteiger partial charge in [0.25, 0.3) is 5.56 Å². The first-order valence-corrected chi connectivity index (χ1v) is 5.48. The van der Waals surface area contributed by atoms with Crippen LogP contribution in [0.15, 0.2) is 22.2 Å². The van der Waals surface area contributed by atoms with Gasteiger partial charge in [-0.05, 0) is 12.0 Å². The van der Waals surface area contributed by atoms with Crippen LogP contribution in [0.3, 0.4) is 0 Å². The maximum atomic E-state index is 11.7. The van der Waals surface area contributed by atoms with Crippen LogP contribution in [0.25, 0.3) is 10.4 Å². The number of hydrogen-bond acceptors (Lipinski definition) is 4. The smallest absolute Gasteiger partial charge is 0.268 e. The molecular formula is C10H16N6O. The summed E-state index contributed by atoms with van der Waals surface area (Å²) in [4.78, 5) is 16.3. The van der Waals surface area contributed by atoms with E-state index in [-0.39, 0.29) is 12.1 Å². The summed E-state index contributed by atoms with van der Waals surface area (Å²) in [5.41, 5.74) is 8.75. The Bertz CT molecular complexity index is 462. The molecule has 1 rings (SSSR count). The van der Waals surface area contributed by atoms with Crippen LogP contribution >= 0.6 is 0 Å². The van der Waals surface area contributed by atoms with Crippen molar-refractivity contribution < 1.29 is 0 Å². The second kappa shape index (κ2) is 6.55. The predicted molar refractivity (Wildman–Crippen MR) is 66.1 cm³/mol. The molecule has 0 saturated carbocycles. The largest absolute Gasteiger partial charge is 0.373 e. The first kappa shape index (κ1) is 13.1. The molecule has 0 bridgehead atoms. The van der Waals surface area contributed by atoms with Crippen molar-refractivity contribution in [1.29, 1.82) is 0 Å². The maximum Gasteiger partial charge on any atom is 0.268 e. The van der Waals surface area contributed by atoms with Crippen molar-refractivity contribution in [3.8, 4) is 0 Å². The molecule has 0 fully saturated rings. The quantitative estimate of drug-likeness (QED) is 0.425. The number of hydrogen-bond donors (Lipinski definition) is 0. The number of aromatic nitrogens is 2. The van der Waals surface area contributed by atoms with Gasteiger partial charge in [-0.25, -0.2) is 4.68 Å². The van der Waals surface area contributed by atoms with E-state index < -0.39 is 0 Å². The standard InChI is InChI=1S/C10H16N6O/c1-3-5-15(2)9-7-10(17)16(13-8-9)6-4-12-14-11/h7-8H,3-6H2,1-2H3. The maximum absolute atomic E-state index is 11.7. The molecule has 0 aliphatic heterocycles. The number of anilines is 1. The Morgan fingerprint density at radius 2 is 2.41 bits per heavy atom. The summed E-state index contributed by atoms with van der Waals surface area (Å²) in [5, 5.41) is 7.40. The summed E-state index contributed by atoms with van der Waals surface area (Å²) in [6, 6.07) is 1.54. The monoisotopic (exact) mass is 236 g/mol. The van der Waals surface area contributed by atoms with Crippen molar-refractivity contribution in [2.24, 2.45) is 5.11 Å². The van der Waals surface area contributed by atoms with Crippen molar-refractivity contribution in [2.45, 2.75) is 19.9 Å². The highest BCUT2D eigenvalue weighted by molar-refractivity contribution is 5.41. The fraction of sp³-hybridized carbons (Fsp3) is 0.600. The molecule has 7 nitrogen and oxygen atoms in total.